The molecule has 0 aromatic rings. The maximum absolute atomic E-state index is 11.3. The molecule has 1 unspecified atom stereocenters. The summed E-state index contributed by atoms with van der Waals surface area (Å²) in [5.74, 6) is -1.45. The Morgan fingerprint density at radius 2 is 2.00 bits per heavy atom. The molecule has 3 N–H and O–H groups in total. The molecule has 1 aliphatic rings. The van der Waals surface area contributed by atoms with Gasteiger partial charge in [-0.2, -0.15) is 0 Å². The van der Waals surface area contributed by atoms with Crippen LogP contribution in [0.5, 0.6) is 0 Å². The maximum Gasteiger partial charge on any atom is 0.314 e. The van der Waals surface area contributed by atoms with E-state index in [-0.39, 0.29) is 18.0 Å². The SMILES string of the molecule is CC(CNC(=O)NCC1(C)CCC1)C(=O)O. The molecule has 0 aromatic carbocycles. The van der Waals surface area contributed by atoms with E-state index >= 15 is 0 Å². The summed E-state index contributed by atoms with van der Waals surface area (Å²) in [6.07, 6.45) is 3.54. The van der Waals surface area contributed by atoms with Crippen LogP contribution in [0.15, 0.2) is 0 Å². The zero-order valence-corrected chi connectivity index (χ0v) is 9.88. The number of urea groups is 1. The van der Waals surface area contributed by atoms with Gasteiger partial charge in [0.1, 0.15) is 0 Å². The lowest BCUT2D eigenvalue weighted by atomic mass is 9.70. The van der Waals surface area contributed by atoms with Gasteiger partial charge in [0.25, 0.3) is 0 Å². The molecule has 0 aliphatic heterocycles. The first-order valence-corrected chi connectivity index (χ1v) is 5.67. The third kappa shape index (κ3) is 3.72. The van der Waals surface area contributed by atoms with Crippen LogP contribution in [-0.4, -0.2) is 30.2 Å². The van der Waals surface area contributed by atoms with Crippen molar-refractivity contribution in [3.05, 3.63) is 0 Å². The molecule has 16 heavy (non-hydrogen) atoms. The van der Waals surface area contributed by atoms with Crippen LogP contribution in [0.2, 0.25) is 0 Å². The molecular weight excluding hydrogens is 208 g/mol. The second-order valence-electron chi connectivity index (χ2n) is 4.97. The van der Waals surface area contributed by atoms with Crippen LogP contribution in [0, 0.1) is 11.3 Å². The summed E-state index contributed by atoms with van der Waals surface area (Å²) >= 11 is 0. The normalized spacial score (nSPS) is 19.4. The van der Waals surface area contributed by atoms with Gasteiger partial charge in [-0.05, 0) is 18.3 Å². The second kappa shape index (κ2) is 5.18. The molecule has 0 aromatic heterocycles. The average molecular weight is 228 g/mol. The number of aliphatic carboxylic acids is 1. The molecule has 1 fully saturated rings. The first-order valence-electron chi connectivity index (χ1n) is 5.67. The molecule has 5 nitrogen and oxygen atoms in total. The van der Waals surface area contributed by atoms with E-state index in [1.807, 2.05) is 0 Å². The first kappa shape index (κ1) is 12.8. The average Bonchev–Trinajstić information content (AvgIpc) is 2.19. The van der Waals surface area contributed by atoms with Gasteiger partial charge in [0.15, 0.2) is 0 Å². The molecule has 1 rings (SSSR count). The topological polar surface area (TPSA) is 78.4 Å². The maximum atomic E-state index is 11.3. The predicted molar refractivity (Wildman–Crippen MR) is 60.2 cm³/mol. The highest BCUT2D eigenvalue weighted by molar-refractivity contribution is 5.75. The largest absolute Gasteiger partial charge is 0.481 e. The number of carbonyl (C=O) groups is 2. The van der Waals surface area contributed by atoms with Crippen molar-refractivity contribution in [3.8, 4) is 0 Å². The zero-order chi connectivity index (χ0) is 12.2. The Kier molecular flexibility index (Phi) is 4.15. The molecule has 0 saturated heterocycles. The van der Waals surface area contributed by atoms with Crippen LogP contribution >= 0.6 is 0 Å². The van der Waals surface area contributed by atoms with Gasteiger partial charge in [0.2, 0.25) is 0 Å². The highest BCUT2D eigenvalue weighted by atomic mass is 16.4. The van der Waals surface area contributed by atoms with Crippen molar-refractivity contribution >= 4 is 12.0 Å². The van der Waals surface area contributed by atoms with Crippen molar-refractivity contribution in [2.45, 2.75) is 33.1 Å². The van der Waals surface area contributed by atoms with E-state index in [0.717, 1.165) is 12.8 Å². The van der Waals surface area contributed by atoms with E-state index in [1.165, 1.54) is 6.42 Å². The van der Waals surface area contributed by atoms with Gasteiger partial charge in [-0.3, -0.25) is 4.79 Å². The lowest BCUT2D eigenvalue weighted by Crippen LogP contribution is -2.45. The van der Waals surface area contributed by atoms with Crippen molar-refractivity contribution in [2.24, 2.45) is 11.3 Å². The van der Waals surface area contributed by atoms with Gasteiger partial charge >= 0.3 is 12.0 Å². The van der Waals surface area contributed by atoms with Crippen molar-refractivity contribution < 1.29 is 14.7 Å². The van der Waals surface area contributed by atoms with Crippen LogP contribution in [0.3, 0.4) is 0 Å². The van der Waals surface area contributed by atoms with Crippen molar-refractivity contribution in [3.63, 3.8) is 0 Å². The molecule has 5 heteroatoms. The zero-order valence-electron chi connectivity index (χ0n) is 9.88. The van der Waals surface area contributed by atoms with Crippen LogP contribution in [0.4, 0.5) is 4.79 Å². The van der Waals surface area contributed by atoms with E-state index in [1.54, 1.807) is 6.92 Å². The van der Waals surface area contributed by atoms with Gasteiger partial charge in [0, 0.05) is 13.1 Å². The Balaban J connectivity index is 2.13. The fourth-order valence-electron chi connectivity index (χ4n) is 1.65. The number of amides is 2. The minimum absolute atomic E-state index is 0.165. The van der Waals surface area contributed by atoms with Crippen LogP contribution < -0.4 is 10.6 Å². The molecule has 0 heterocycles. The molecule has 1 saturated carbocycles. The summed E-state index contributed by atoms with van der Waals surface area (Å²) in [5, 5.41) is 14.0. The highest BCUT2D eigenvalue weighted by Gasteiger charge is 2.31. The van der Waals surface area contributed by atoms with Crippen LogP contribution in [0.1, 0.15) is 33.1 Å². The number of hydrogen-bond donors (Lipinski definition) is 3. The van der Waals surface area contributed by atoms with Crippen molar-refractivity contribution in [1.29, 1.82) is 0 Å². The second-order valence-corrected chi connectivity index (χ2v) is 4.97. The van der Waals surface area contributed by atoms with E-state index < -0.39 is 11.9 Å². The summed E-state index contributed by atoms with van der Waals surface area (Å²) in [5.41, 5.74) is 0.246. The lowest BCUT2D eigenvalue weighted by Gasteiger charge is -2.38. The fraction of sp³-hybridized carbons (Fsp3) is 0.818. The Bertz CT molecular complexity index is 274. The fourth-order valence-corrected chi connectivity index (χ4v) is 1.65. The Labute approximate surface area is 95.6 Å². The highest BCUT2D eigenvalue weighted by Crippen LogP contribution is 2.39. The number of hydrogen-bond acceptors (Lipinski definition) is 2. The van der Waals surface area contributed by atoms with Crippen LogP contribution in [0.25, 0.3) is 0 Å². The lowest BCUT2D eigenvalue weighted by molar-refractivity contribution is -0.140. The molecule has 0 spiro atoms. The third-order valence-electron chi connectivity index (χ3n) is 3.23. The number of nitrogens with one attached hydrogen (secondary N) is 2. The molecule has 1 aliphatic carbocycles. The molecule has 92 valence electrons. The van der Waals surface area contributed by atoms with Crippen LogP contribution in [-0.2, 0) is 4.79 Å². The summed E-state index contributed by atoms with van der Waals surface area (Å²) in [4.78, 5) is 21.9. The van der Waals surface area contributed by atoms with E-state index in [2.05, 4.69) is 17.6 Å². The van der Waals surface area contributed by atoms with Gasteiger partial charge in [-0.1, -0.05) is 20.3 Å². The minimum atomic E-state index is -0.897. The van der Waals surface area contributed by atoms with E-state index in [4.69, 9.17) is 5.11 Å². The molecule has 0 radical (unpaired) electrons. The van der Waals surface area contributed by atoms with Crippen molar-refractivity contribution in [2.75, 3.05) is 13.1 Å². The Hall–Kier alpha value is -1.26. The van der Waals surface area contributed by atoms with Crippen molar-refractivity contribution in [1.82, 2.24) is 10.6 Å². The molecular formula is C11H20N2O3. The minimum Gasteiger partial charge on any atom is -0.481 e. The van der Waals surface area contributed by atoms with E-state index in [0.29, 0.717) is 6.54 Å². The van der Waals surface area contributed by atoms with Gasteiger partial charge < -0.3 is 15.7 Å². The molecule has 2 amide bonds. The number of carbonyl (C=O) groups excluding carboxylic acids is 1. The monoisotopic (exact) mass is 228 g/mol. The third-order valence-corrected chi connectivity index (χ3v) is 3.23. The van der Waals surface area contributed by atoms with Gasteiger partial charge in [-0.15, -0.1) is 0 Å². The number of carboxylic acids is 1. The first-order chi connectivity index (χ1) is 7.43. The molecule has 1 atom stereocenters. The summed E-state index contributed by atoms with van der Waals surface area (Å²) in [7, 11) is 0. The Morgan fingerprint density at radius 3 is 2.44 bits per heavy atom. The summed E-state index contributed by atoms with van der Waals surface area (Å²) in [6, 6.07) is -0.277. The van der Waals surface area contributed by atoms with Gasteiger partial charge in [-0.25, -0.2) is 4.79 Å². The number of carboxylic acid groups (broad SMARTS) is 1. The number of rotatable bonds is 5. The smallest absolute Gasteiger partial charge is 0.314 e. The summed E-state index contributed by atoms with van der Waals surface area (Å²) < 4.78 is 0. The summed E-state index contributed by atoms with van der Waals surface area (Å²) in [6.45, 7) is 4.55. The standard InChI is InChI=1S/C11H20N2O3/c1-8(9(14)15)6-12-10(16)13-7-11(2)4-3-5-11/h8H,3-7H2,1-2H3,(H,14,15)(H2,12,13,16). The molecule has 0 bridgehead atoms. The van der Waals surface area contributed by atoms with E-state index in [9.17, 15) is 9.59 Å². The predicted octanol–water partition coefficient (Wildman–Crippen LogP) is 1.20. The quantitative estimate of drug-likeness (QED) is 0.661. The Morgan fingerprint density at radius 1 is 1.38 bits per heavy atom. The van der Waals surface area contributed by atoms with Gasteiger partial charge in [0.05, 0.1) is 5.92 Å².